The van der Waals surface area contributed by atoms with Crippen LogP contribution in [0, 0.1) is 0 Å². The molecule has 0 spiro atoms. The van der Waals surface area contributed by atoms with Crippen molar-refractivity contribution in [3.05, 3.63) is 29.6 Å². The number of carbonyl (C=O) groups is 1. The molecule has 1 fully saturated rings. The standard InChI is InChI=1S/C19H27N5O3/c1-24-19(22-18(23-24)13-8-10-20-11-9-13)21-17(25)7-4-14-12-15(26-2)5-6-16(14)27-3/h5-6,12-13,20H,4,7-11H2,1-3H3,(H,21,22,23,25). The Balaban J connectivity index is 1.60. The lowest BCUT2D eigenvalue weighted by atomic mass is 9.98. The zero-order valence-corrected chi connectivity index (χ0v) is 16.1. The number of amides is 1. The van der Waals surface area contributed by atoms with Crippen LogP contribution >= 0.6 is 0 Å². The van der Waals surface area contributed by atoms with Gasteiger partial charge in [-0.1, -0.05) is 0 Å². The average molecular weight is 373 g/mol. The summed E-state index contributed by atoms with van der Waals surface area (Å²) in [6.07, 6.45) is 2.91. The third-order valence-electron chi connectivity index (χ3n) is 4.84. The first-order valence-corrected chi connectivity index (χ1v) is 9.23. The molecule has 2 N–H and O–H groups in total. The van der Waals surface area contributed by atoms with Gasteiger partial charge in [-0.25, -0.2) is 4.68 Å². The van der Waals surface area contributed by atoms with E-state index in [0.717, 1.165) is 48.8 Å². The number of benzene rings is 1. The van der Waals surface area contributed by atoms with Crippen LogP contribution in [0.4, 0.5) is 5.95 Å². The van der Waals surface area contributed by atoms with E-state index in [1.165, 1.54) is 0 Å². The van der Waals surface area contributed by atoms with Gasteiger partial charge in [-0.15, -0.1) is 0 Å². The largest absolute Gasteiger partial charge is 0.497 e. The number of nitrogens with zero attached hydrogens (tertiary/aromatic N) is 3. The molecule has 1 amide bonds. The highest BCUT2D eigenvalue weighted by atomic mass is 16.5. The van der Waals surface area contributed by atoms with Crippen molar-refractivity contribution in [2.75, 3.05) is 32.6 Å². The van der Waals surface area contributed by atoms with Gasteiger partial charge in [-0.3, -0.25) is 10.1 Å². The van der Waals surface area contributed by atoms with E-state index in [1.807, 2.05) is 18.2 Å². The lowest BCUT2D eigenvalue weighted by Gasteiger charge is -2.19. The second-order valence-corrected chi connectivity index (χ2v) is 6.67. The van der Waals surface area contributed by atoms with Gasteiger partial charge in [0.15, 0.2) is 5.82 Å². The van der Waals surface area contributed by atoms with Crippen molar-refractivity contribution in [2.24, 2.45) is 7.05 Å². The minimum absolute atomic E-state index is 0.104. The fourth-order valence-corrected chi connectivity index (χ4v) is 3.28. The van der Waals surface area contributed by atoms with E-state index in [4.69, 9.17) is 9.47 Å². The minimum Gasteiger partial charge on any atom is -0.497 e. The molecule has 0 radical (unpaired) electrons. The zero-order chi connectivity index (χ0) is 19.2. The van der Waals surface area contributed by atoms with Gasteiger partial charge in [-0.05, 0) is 56.1 Å². The lowest BCUT2D eigenvalue weighted by Crippen LogP contribution is -2.27. The van der Waals surface area contributed by atoms with Crippen molar-refractivity contribution in [1.29, 1.82) is 0 Å². The number of carbonyl (C=O) groups excluding carboxylic acids is 1. The SMILES string of the molecule is COc1ccc(OC)c(CCC(=O)Nc2nc(C3CCNCC3)nn2C)c1. The predicted octanol–water partition coefficient (Wildman–Crippen LogP) is 1.87. The summed E-state index contributed by atoms with van der Waals surface area (Å²) in [5, 5.41) is 10.7. The molecule has 0 atom stereocenters. The molecule has 2 aromatic rings. The Morgan fingerprint density at radius 2 is 2.07 bits per heavy atom. The number of ether oxygens (including phenoxy) is 2. The number of anilines is 1. The van der Waals surface area contributed by atoms with Crippen LogP contribution in [0.25, 0.3) is 0 Å². The van der Waals surface area contributed by atoms with E-state index in [2.05, 4.69) is 20.7 Å². The molecule has 0 saturated carbocycles. The molecule has 1 aliphatic heterocycles. The fraction of sp³-hybridized carbons (Fsp3) is 0.526. The quantitative estimate of drug-likeness (QED) is 0.770. The number of methoxy groups -OCH3 is 2. The number of rotatable bonds is 7. The van der Waals surface area contributed by atoms with E-state index >= 15 is 0 Å². The summed E-state index contributed by atoms with van der Waals surface area (Å²) < 4.78 is 12.3. The van der Waals surface area contributed by atoms with Gasteiger partial charge in [0.25, 0.3) is 0 Å². The van der Waals surface area contributed by atoms with Crippen molar-refractivity contribution in [2.45, 2.75) is 31.6 Å². The van der Waals surface area contributed by atoms with Gasteiger partial charge < -0.3 is 14.8 Å². The molecule has 3 rings (SSSR count). The topological polar surface area (TPSA) is 90.3 Å². The van der Waals surface area contributed by atoms with Gasteiger partial charge in [0.1, 0.15) is 11.5 Å². The normalized spacial score (nSPS) is 14.8. The summed E-state index contributed by atoms with van der Waals surface area (Å²) in [5.74, 6) is 3.04. The lowest BCUT2D eigenvalue weighted by molar-refractivity contribution is -0.116. The molecule has 8 nitrogen and oxygen atoms in total. The molecule has 27 heavy (non-hydrogen) atoms. The summed E-state index contributed by atoms with van der Waals surface area (Å²) >= 11 is 0. The Morgan fingerprint density at radius 1 is 1.30 bits per heavy atom. The van der Waals surface area contributed by atoms with Crippen molar-refractivity contribution in [1.82, 2.24) is 20.1 Å². The summed E-state index contributed by atoms with van der Waals surface area (Å²) in [7, 11) is 5.04. The molecule has 1 aliphatic rings. The third kappa shape index (κ3) is 4.77. The summed E-state index contributed by atoms with van der Waals surface area (Å²) in [6.45, 7) is 1.96. The summed E-state index contributed by atoms with van der Waals surface area (Å²) in [5.41, 5.74) is 0.931. The maximum absolute atomic E-state index is 12.4. The van der Waals surface area contributed by atoms with E-state index in [-0.39, 0.29) is 5.91 Å². The molecule has 8 heteroatoms. The number of nitrogens with one attached hydrogen (secondary N) is 2. The van der Waals surface area contributed by atoms with Gasteiger partial charge >= 0.3 is 0 Å². The van der Waals surface area contributed by atoms with E-state index in [9.17, 15) is 4.79 Å². The Labute approximate surface area is 159 Å². The second kappa shape index (κ2) is 8.85. The van der Waals surface area contributed by atoms with Crippen molar-refractivity contribution < 1.29 is 14.3 Å². The first-order valence-electron chi connectivity index (χ1n) is 9.23. The maximum atomic E-state index is 12.4. The molecule has 0 unspecified atom stereocenters. The molecule has 1 saturated heterocycles. The Hall–Kier alpha value is -2.61. The van der Waals surface area contributed by atoms with Crippen molar-refractivity contribution >= 4 is 11.9 Å². The summed E-state index contributed by atoms with van der Waals surface area (Å²) in [6, 6.07) is 5.58. The number of hydrogen-bond donors (Lipinski definition) is 2. The first kappa shape index (κ1) is 19.2. The number of piperidine rings is 1. The average Bonchev–Trinajstić information content (AvgIpc) is 3.07. The Morgan fingerprint density at radius 3 is 2.78 bits per heavy atom. The smallest absolute Gasteiger partial charge is 0.227 e. The van der Waals surface area contributed by atoms with Crippen LogP contribution < -0.4 is 20.1 Å². The van der Waals surface area contributed by atoms with Crippen LogP contribution in [0.2, 0.25) is 0 Å². The van der Waals surface area contributed by atoms with Gasteiger partial charge in [0.2, 0.25) is 11.9 Å². The monoisotopic (exact) mass is 373 g/mol. The molecular formula is C19H27N5O3. The van der Waals surface area contributed by atoms with Crippen LogP contribution in [-0.4, -0.2) is 48.0 Å². The molecule has 1 aromatic carbocycles. The van der Waals surface area contributed by atoms with Crippen LogP contribution in [0.5, 0.6) is 11.5 Å². The summed E-state index contributed by atoms with van der Waals surface area (Å²) in [4.78, 5) is 16.9. The third-order valence-corrected chi connectivity index (χ3v) is 4.84. The van der Waals surface area contributed by atoms with Crippen LogP contribution in [-0.2, 0) is 18.3 Å². The van der Waals surface area contributed by atoms with Crippen molar-refractivity contribution in [3.8, 4) is 11.5 Å². The van der Waals surface area contributed by atoms with E-state index < -0.39 is 0 Å². The Kier molecular flexibility index (Phi) is 6.28. The second-order valence-electron chi connectivity index (χ2n) is 6.67. The Bertz CT molecular complexity index is 784. The molecule has 1 aromatic heterocycles. The highest BCUT2D eigenvalue weighted by molar-refractivity contribution is 5.89. The van der Waals surface area contributed by atoms with Gasteiger partial charge in [-0.2, -0.15) is 10.1 Å². The molecular weight excluding hydrogens is 346 g/mol. The number of aromatic nitrogens is 3. The van der Waals surface area contributed by atoms with Crippen LogP contribution in [0.1, 0.15) is 36.6 Å². The maximum Gasteiger partial charge on any atom is 0.227 e. The highest BCUT2D eigenvalue weighted by Crippen LogP contribution is 2.26. The molecule has 146 valence electrons. The number of aryl methyl sites for hydroxylation is 2. The van der Waals surface area contributed by atoms with Crippen LogP contribution in [0.15, 0.2) is 18.2 Å². The minimum atomic E-state index is -0.104. The van der Waals surface area contributed by atoms with E-state index in [1.54, 1.807) is 25.9 Å². The van der Waals surface area contributed by atoms with Gasteiger partial charge in [0, 0.05) is 19.4 Å². The number of hydrogen-bond acceptors (Lipinski definition) is 6. The zero-order valence-electron chi connectivity index (χ0n) is 16.1. The van der Waals surface area contributed by atoms with Gasteiger partial charge in [0.05, 0.1) is 14.2 Å². The predicted molar refractivity (Wildman–Crippen MR) is 102 cm³/mol. The fourth-order valence-electron chi connectivity index (χ4n) is 3.28. The van der Waals surface area contributed by atoms with Crippen molar-refractivity contribution in [3.63, 3.8) is 0 Å². The van der Waals surface area contributed by atoms with Crippen LogP contribution in [0.3, 0.4) is 0 Å². The van der Waals surface area contributed by atoms with E-state index in [0.29, 0.717) is 24.7 Å². The highest BCUT2D eigenvalue weighted by Gasteiger charge is 2.21. The molecule has 0 aliphatic carbocycles. The first-order chi connectivity index (χ1) is 13.1. The molecule has 2 heterocycles. The molecule has 0 bridgehead atoms.